The van der Waals surface area contributed by atoms with Crippen molar-refractivity contribution in [3.8, 4) is 11.5 Å². The Morgan fingerprint density at radius 3 is 2.45 bits per heavy atom. The molecule has 0 spiro atoms. The highest BCUT2D eigenvalue weighted by atomic mass is 35.5. The zero-order valence-electron chi connectivity index (χ0n) is 16.5. The van der Waals surface area contributed by atoms with Gasteiger partial charge < -0.3 is 14.8 Å². The maximum atomic E-state index is 12.9. The van der Waals surface area contributed by atoms with E-state index in [2.05, 4.69) is 11.9 Å². The predicted octanol–water partition coefficient (Wildman–Crippen LogP) is 3.48. The molecule has 0 aliphatic heterocycles. The van der Waals surface area contributed by atoms with Gasteiger partial charge in [-0.15, -0.1) is 0 Å². The smallest absolute Gasteiger partial charge is 0.331 e. The van der Waals surface area contributed by atoms with Crippen molar-refractivity contribution in [2.75, 3.05) is 19.5 Å². The number of hydrogen-bond acceptors (Lipinski definition) is 5. The fourth-order valence-corrected chi connectivity index (χ4v) is 3.42. The van der Waals surface area contributed by atoms with E-state index in [0.29, 0.717) is 38.8 Å². The molecule has 0 bridgehead atoms. The fourth-order valence-electron chi connectivity index (χ4n) is 3.18. The molecule has 1 aromatic heterocycles. The second kappa shape index (κ2) is 8.45. The third kappa shape index (κ3) is 3.86. The second-order valence-corrected chi connectivity index (χ2v) is 6.76. The Morgan fingerprint density at radius 1 is 1.10 bits per heavy atom. The Balaban J connectivity index is 2.01. The van der Waals surface area contributed by atoms with Gasteiger partial charge in [0.2, 0.25) is 0 Å². The minimum Gasteiger partial charge on any atom is -0.495 e. The first-order valence-electron chi connectivity index (χ1n) is 9.00. The first-order chi connectivity index (χ1) is 13.9. The van der Waals surface area contributed by atoms with E-state index in [1.54, 1.807) is 43.3 Å². The molecule has 0 atom stereocenters. The molecule has 0 saturated heterocycles. The van der Waals surface area contributed by atoms with Crippen LogP contribution in [0.15, 0.2) is 58.3 Å². The van der Waals surface area contributed by atoms with Gasteiger partial charge in [-0.05, 0) is 25.1 Å². The summed E-state index contributed by atoms with van der Waals surface area (Å²) in [6.07, 6.45) is 0. The second-order valence-electron chi connectivity index (χ2n) is 6.35. The molecule has 152 valence electrons. The average molecular weight is 416 g/mol. The van der Waals surface area contributed by atoms with Crippen LogP contribution in [0.25, 0.3) is 10.9 Å². The van der Waals surface area contributed by atoms with E-state index >= 15 is 0 Å². The first kappa shape index (κ1) is 20.5. The minimum atomic E-state index is -0.390. The monoisotopic (exact) mass is 415 g/mol. The molecule has 1 heterocycles. The minimum absolute atomic E-state index is 0.159. The lowest BCUT2D eigenvalue weighted by Gasteiger charge is -2.18. The molecule has 3 rings (SSSR count). The summed E-state index contributed by atoms with van der Waals surface area (Å²) in [5.74, 6) is 1.00. The Labute approximate surface area is 172 Å². The van der Waals surface area contributed by atoms with Gasteiger partial charge >= 0.3 is 5.69 Å². The van der Waals surface area contributed by atoms with Gasteiger partial charge in [-0.2, -0.15) is 0 Å². The molecular weight excluding hydrogens is 394 g/mol. The Hall–Kier alpha value is -3.19. The number of benzene rings is 2. The van der Waals surface area contributed by atoms with Crippen LogP contribution in [0, 0.1) is 0 Å². The van der Waals surface area contributed by atoms with Crippen LogP contribution < -0.4 is 26.0 Å². The van der Waals surface area contributed by atoms with Gasteiger partial charge in [0.05, 0.1) is 42.4 Å². The molecule has 1 N–H and O–H groups in total. The number of aromatic nitrogens is 2. The number of allylic oxidation sites excluding steroid dienone is 1. The summed E-state index contributed by atoms with van der Waals surface area (Å²) in [5.41, 5.74) is 0.975. The number of fused-ring (bicyclic) bond motifs is 1. The van der Waals surface area contributed by atoms with Crippen LogP contribution in [0.3, 0.4) is 0 Å². The summed E-state index contributed by atoms with van der Waals surface area (Å²) in [6.45, 7) is 6.23. The normalized spacial score (nSPS) is 10.8. The van der Waals surface area contributed by atoms with Gasteiger partial charge in [-0.3, -0.25) is 13.9 Å². The lowest BCUT2D eigenvalue weighted by molar-refractivity contribution is 0.395. The molecule has 8 heteroatoms. The van der Waals surface area contributed by atoms with Crippen LogP contribution in [0.2, 0.25) is 5.02 Å². The highest BCUT2D eigenvalue weighted by molar-refractivity contribution is 6.32. The summed E-state index contributed by atoms with van der Waals surface area (Å²) in [7, 11) is 3.05. The summed E-state index contributed by atoms with van der Waals surface area (Å²) in [6, 6.07) is 10.3. The summed E-state index contributed by atoms with van der Waals surface area (Å²) in [4.78, 5) is 25.4. The maximum Gasteiger partial charge on any atom is 0.331 e. The molecule has 0 unspecified atom stereocenters. The highest BCUT2D eigenvalue weighted by Gasteiger charge is 2.14. The van der Waals surface area contributed by atoms with Crippen molar-refractivity contribution in [2.24, 2.45) is 0 Å². The lowest BCUT2D eigenvalue weighted by Crippen LogP contribution is -2.40. The van der Waals surface area contributed by atoms with Crippen molar-refractivity contribution in [1.82, 2.24) is 9.13 Å². The van der Waals surface area contributed by atoms with E-state index in [1.165, 1.54) is 23.4 Å². The number of nitrogens with zero attached hydrogens (tertiary/aromatic N) is 2. The standard InChI is InChI=1S/C21H22ClN3O4/c1-5-24-20(26)14-8-6-7-9-17(14)25(21(24)27)12-13(2)23-16-10-15(22)18(28-3)11-19(16)29-4/h6-11,23H,2,5,12H2,1,3-4H3. The van der Waals surface area contributed by atoms with Gasteiger partial charge in [-0.1, -0.05) is 30.3 Å². The van der Waals surface area contributed by atoms with Gasteiger partial charge in [0.25, 0.3) is 5.56 Å². The molecule has 2 aromatic carbocycles. The van der Waals surface area contributed by atoms with Crippen molar-refractivity contribution in [3.63, 3.8) is 0 Å². The van der Waals surface area contributed by atoms with Crippen molar-refractivity contribution < 1.29 is 9.47 Å². The van der Waals surface area contributed by atoms with Gasteiger partial charge in [0.15, 0.2) is 0 Å². The zero-order valence-corrected chi connectivity index (χ0v) is 17.2. The lowest BCUT2D eigenvalue weighted by atomic mass is 10.2. The number of ether oxygens (including phenoxy) is 2. The first-order valence-corrected chi connectivity index (χ1v) is 9.37. The highest BCUT2D eigenvalue weighted by Crippen LogP contribution is 2.36. The SMILES string of the molecule is C=C(Cn1c(=O)n(CC)c(=O)c2ccccc21)Nc1cc(Cl)c(OC)cc1OC. The molecule has 7 nitrogen and oxygen atoms in total. The molecule has 0 aliphatic carbocycles. The summed E-state index contributed by atoms with van der Waals surface area (Å²) < 4.78 is 13.3. The van der Waals surface area contributed by atoms with E-state index in [9.17, 15) is 9.59 Å². The number of para-hydroxylation sites is 1. The van der Waals surface area contributed by atoms with Gasteiger partial charge in [-0.25, -0.2) is 4.79 Å². The van der Waals surface area contributed by atoms with Crippen LogP contribution in [0.1, 0.15) is 6.92 Å². The Bertz CT molecular complexity index is 1200. The van der Waals surface area contributed by atoms with Crippen molar-refractivity contribution in [3.05, 3.63) is 74.5 Å². The quantitative estimate of drug-likeness (QED) is 0.639. The van der Waals surface area contributed by atoms with Crippen LogP contribution in [0.5, 0.6) is 11.5 Å². The molecule has 0 saturated carbocycles. The molecule has 0 amide bonds. The zero-order chi connectivity index (χ0) is 21.1. The van der Waals surface area contributed by atoms with Crippen molar-refractivity contribution in [1.29, 1.82) is 0 Å². The molecular formula is C21H22ClN3O4. The van der Waals surface area contributed by atoms with Gasteiger partial charge in [0.1, 0.15) is 11.5 Å². The van der Waals surface area contributed by atoms with Crippen LogP contribution in [-0.4, -0.2) is 23.4 Å². The van der Waals surface area contributed by atoms with Crippen molar-refractivity contribution >= 4 is 28.2 Å². The van der Waals surface area contributed by atoms with E-state index in [-0.39, 0.29) is 24.3 Å². The number of hydrogen-bond donors (Lipinski definition) is 1. The van der Waals surface area contributed by atoms with Crippen LogP contribution in [-0.2, 0) is 13.1 Å². The maximum absolute atomic E-state index is 12.9. The molecule has 3 aromatic rings. The number of halogens is 1. The van der Waals surface area contributed by atoms with E-state index < -0.39 is 0 Å². The molecule has 0 aliphatic rings. The van der Waals surface area contributed by atoms with E-state index in [1.807, 2.05) is 0 Å². The molecule has 29 heavy (non-hydrogen) atoms. The number of anilines is 1. The number of methoxy groups -OCH3 is 2. The molecule has 0 radical (unpaired) electrons. The van der Waals surface area contributed by atoms with E-state index in [4.69, 9.17) is 21.1 Å². The number of nitrogens with one attached hydrogen (secondary N) is 1. The largest absolute Gasteiger partial charge is 0.495 e. The average Bonchev–Trinajstić information content (AvgIpc) is 2.72. The third-order valence-electron chi connectivity index (χ3n) is 4.58. The summed E-state index contributed by atoms with van der Waals surface area (Å²) >= 11 is 6.22. The Morgan fingerprint density at radius 2 is 1.79 bits per heavy atom. The summed E-state index contributed by atoms with van der Waals surface area (Å²) in [5, 5.41) is 4.03. The van der Waals surface area contributed by atoms with Crippen LogP contribution in [0.4, 0.5) is 5.69 Å². The fraction of sp³-hybridized carbons (Fsp3) is 0.238. The van der Waals surface area contributed by atoms with Crippen LogP contribution >= 0.6 is 11.6 Å². The third-order valence-corrected chi connectivity index (χ3v) is 4.88. The van der Waals surface area contributed by atoms with Crippen molar-refractivity contribution in [2.45, 2.75) is 20.0 Å². The topological polar surface area (TPSA) is 74.5 Å². The van der Waals surface area contributed by atoms with E-state index in [0.717, 1.165) is 0 Å². The van der Waals surface area contributed by atoms with Gasteiger partial charge in [0, 0.05) is 18.3 Å². The Kier molecular flexibility index (Phi) is 5.98. The number of rotatable bonds is 7. The molecule has 0 fully saturated rings. The predicted molar refractivity (Wildman–Crippen MR) is 115 cm³/mol.